The maximum atomic E-state index is 13.0. The number of rotatable bonds is 6. The van der Waals surface area contributed by atoms with Crippen molar-refractivity contribution in [1.82, 2.24) is 4.98 Å². The second-order valence-electron chi connectivity index (χ2n) is 4.22. The molecule has 0 saturated carbocycles. The predicted octanol–water partition coefficient (Wildman–Crippen LogP) is 2.86. The Kier molecular flexibility index (Phi) is 4.81. The molecule has 0 radical (unpaired) electrons. The number of hydrogen-bond donors (Lipinski definition) is 1. The van der Waals surface area contributed by atoms with Crippen LogP contribution in [0.3, 0.4) is 0 Å². The van der Waals surface area contributed by atoms with Gasteiger partial charge in [-0.2, -0.15) is 4.39 Å². The van der Waals surface area contributed by atoms with E-state index in [0.717, 1.165) is 5.56 Å². The lowest BCUT2D eigenvalue weighted by atomic mass is 10.1. The minimum absolute atomic E-state index is 0.417. The lowest BCUT2D eigenvalue weighted by Gasteiger charge is -2.14. The highest BCUT2D eigenvalue weighted by atomic mass is 19.1. The molecule has 6 heteroatoms. The van der Waals surface area contributed by atoms with Crippen LogP contribution in [0.15, 0.2) is 30.3 Å². The monoisotopic (exact) mass is 292 g/mol. The molecular weight excluding hydrogens is 275 g/mol. The van der Waals surface area contributed by atoms with E-state index in [0.29, 0.717) is 29.6 Å². The van der Waals surface area contributed by atoms with Crippen LogP contribution in [-0.4, -0.2) is 26.3 Å². The van der Waals surface area contributed by atoms with Crippen LogP contribution in [0.25, 0.3) is 0 Å². The molecule has 1 aromatic heterocycles. The Bertz CT molecular complexity index is 620. The van der Waals surface area contributed by atoms with Crippen LogP contribution in [-0.2, 0) is 6.54 Å². The van der Waals surface area contributed by atoms with Crippen molar-refractivity contribution in [2.75, 3.05) is 26.6 Å². The van der Waals surface area contributed by atoms with E-state index >= 15 is 0 Å². The fourth-order valence-corrected chi connectivity index (χ4v) is 1.92. The third-order valence-corrected chi connectivity index (χ3v) is 2.96. The first-order valence-corrected chi connectivity index (χ1v) is 6.33. The summed E-state index contributed by atoms with van der Waals surface area (Å²) >= 11 is 0. The quantitative estimate of drug-likeness (QED) is 0.830. The van der Waals surface area contributed by atoms with Gasteiger partial charge in [0.1, 0.15) is 11.6 Å². The summed E-state index contributed by atoms with van der Waals surface area (Å²) in [5, 5.41) is 3.04. The highest BCUT2D eigenvalue weighted by molar-refractivity contribution is 5.51. The van der Waals surface area contributed by atoms with Crippen molar-refractivity contribution in [2.45, 2.75) is 6.54 Å². The average molecular weight is 292 g/mol. The Morgan fingerprint density at radius 2 is 1.67 bits per heavy atom. The van der Waals surface area contributed by atoms with Crippen LogP contribution in [0.2, 0.25) is 0 Å². The molecule has 0 atom stereocenters. The van der Waals surface area contributed by atoms with Crippen LogP contribution in [0, 0.1) is 5.95 Å². The van der Waals surface area contributed by atoms with Crippen molar-refractivity contribution in [1.29, 1.82) is 0 Å². The third-order valence-electron chi connectivity index (χ3n) is 2.96. The van der Waals surface area contributed by atoms with E-state index in [1.807, 2.05) is 6.07 Å². The zero-order valence-electron chi connectivity index (χ0n) is 12.1. The van der Waals surface area contributed by atoms with E-state index in [1.165, 1.54) is 6.07 Å². The first-order chi connectivity index (χ1) is 10.2. The number of anilines is 1. The Morgan fingerprint density at radius 3 is 2.29 bits per heavy atom. The van der Waals surface area contributed by atoms with Gasteiger partial charge in [-0.05, 0) is 18.2 Å². The number of aromatic nitrogens is 1. The van der Waals surface area contributed by atoms with Gasteiger partial charge in [-0.25, -0.2) is 4.98 Å². The van der Waals surface area contributed by atoms with E-state index in [9.17, 15) is 4.39 Å². The number of pyridine rings is 1. The van der Waals surface area contributed by atoms with E-state index < -0.39 is 5.95 Å². The number of benzene rings is 1. The van der Waals surface area contributed by atoms with Gasteiger partial charge < -0.3 is 19.5 Å². The summed E-state index contributed by atoms with van der Waals surface area (Å²) in [5.41, 5.74) is 0.848. The Morgan fingerprint density at radius 1 is 1.00 bits per heavy atom. The van der Waals surface area contributed by atoms with Crippen molar-refractivity contribution in [2.24, 2.45) is 0 Å². The highest BCUT2D eigenvalue weighted by Gasteiger charge is 2.11. The highest BCUT2D eigenvalue weighted by Crippen LogP contribution is 2.34. The maximum absolute atomic E-state index is 13.0. The largest absolute Gasteiger partial charge is 0.496 e. The molecule has 0 aliphatic carbocycles. The van der Waals surface area contributed by atoms with Crippen LogP contribution < -0.4 is 19.5 Å². The van der Waals surface area contributed by atoms with Gasteiger partial charge >= 0.3 is 0 Å². The first kappa shape index (κ1) is 14.9. The molecule has 0 aliphatic rings. The molecule has 0 unspecified atom stereocenters. The van der Waals surface area contributed by atoms with E-state index in [2.05, 4.69) is 10.3 Å². The molecule has 2 rings (SSSR count). The van der Waals surface area contributed by atoms with Crippen LogP contribution in [0.4, 0.5) is 10.2 Å². The van der Waals surface area contributed by atoms with Gasteiger partial charge in [-0.3, -0.25) is 0 Å². The summed E-state index contributed by atoms with van der Waals surface area (Å²) in [6.45, 7) is 0.417. The van der Waals surface area contributed by atoms with Crippen LogP contribution in [0.5, 0.6) is 17.2 Å². The average Bonchev–Trinajstić information content (AvgIpc) is 2.52. The minimum Gasteiger partial charge on any atom is -0.496 e. The van der Waals surface area contributed by atoms with Crippen LogP contribution in [0.1, 0.15) is 5.56 Å². The summed E-state index contributed by atoms with van der Waals surface area (Å²) in [7, 11) is 4.70. The molecule has 0 saturated heterocycles. The number of halogens is 1. The Hall–Kier alpha value is -2.50. The molecule has 21 heavy (non-hydrogen) atoms. The number of methoxy groups -OCH3 is 3. The Labute approximate surface area is 122 Å². The second kappa shape index (κ2) is 6.78. The van der Waals surface area contributed by atoms with Crippen LogP contribution >= 0.6 is 0 Å². The zero-order chi connectivity index (χ0) is 15.2. The molecule has 1 N–H and O–H groups in total. The van der Waals surface area contributed by atoms with Gasteiger partial charge in [-0.15, -0.1) is 0 Å². The standard InChI is InChI=1S/C15H17FN2O3/c1-19-11-8-13(21-3)12(20-2)7-10(11)9-17-15-6-4-5-14(16)18-15/h4-8H,9H2,1-3H3,(H,17,18). The van der Waals surface area contributed by atoms with Gasteiger partial charge in [0.25, 0.3) is 0 Å². The maximum Gasteiger partial charge on any atom is 0.214 e. The normalized spacial score (nSPS) is 10.1. The van der Waals surface area contributed by atoms with Gasteiger partial charge in [0, 0.05) is 18.2 Å². The van der Waals surface area contributed by atoms with Gasteiger partial charge in [0.05, 0.1) is 21.3 Å². The molecule has 112 valence electrons. The smallest absolute Gasteiger partial charge is 0.214 e. The number of nitrogens with zero attached hydrogens (tertiary/aromatic N) is 1. The summed E-state index contributed by atoms with van der Waals surface area (Å²) in [5.74, 6) is 1.76. The fourth-order valence-electron chi connectivity index (χ4n) is 1.92. The molecule has 2 aromatic rings. The Balaban J connectivity index is 2.22. The van der Waals surface area contributed by atoms with Crippen molar-refractivity contribution in [3.8, 4) is 17.2 Å². The summed E-state index contributed by atoms with van der Waals surface area (Å²) < 4.78 is 28.9. The molecule has 0 aliphatic heterocycles. The van der Waals surface area contributed by atoms with E-state index in [1.54, 1.807) is 39.5 Å². The van der Waals surface area contributed by atoms with E-state index in [-0.39, 0.29) is 0 Å². The van der Waals surface area contributed by atoms with Crippen molar-refractivity contribution < 1.29 is 18.6 Å². The number of ether oxygens (including phenoxy) is 3. The summed E-state index contributed by atoms with van der Waals surface area (Å²) in [6.07, 6.45) is 0. The zero-order valence-corrected chi connectivity index (χ0v) is 12.1. The predicted molar refractivity (Wildman–Crippen MR) is 77.6 cm³/mol. The van der Waals surface area contributed by atoms with Gasteiger partial charge in [-0.1, -0.05) is 6.07 Å². The second-order valence-corrected chi connectivity index (χ2v) is 4.22. The van der Waals surface area contributed by atoms with Crippen molar-refractivity contribution >= 4 is 5.82 Å². The fraction of sp³-hybridized carbons (Fsp3) is 0.267. The molecule has 5 nitrogen and oxygen atoms in total. The topological polar surface area (TPSA) is 52.6 Å². The van der Waals surface area contributed by atoms with E-state index in [4.69, 9.17) is 14.2 Å². The molecule has 0 fully saturated rings. The van der Waals surface area contributed by atoms with Gasteiger partial charge in [0.15, 0.2) is 11.5 Å². The SMILES string of the molecule is COc1cc(OC)c(OC)cc1CNc1cccc(F)n1. The van der Waals surface area contributed by atoms with Crippen molar-refractivity contribution in [3.63, 3.8) is 0 Å². The lowest BCUT2D eigenvalue weighted by Crippen LogP contribution is -2.05. The van der Waals surface area contributed by atoms with Crippen molar-refractivity contribution in [3.05, 3.63) is 41.8 Å². The number of hydrogen-bond acceptors (Lipinski definition) is 5. The molecular formula is C15H17FN2O3. The summed E-state index contributed by atoms with van der Waals surface area (Å²) in [4.78, 5) is 3.75. The molecule has 1 aromatic carbocycles. The molecule has 1 heterocycles. The molecule has 0 bridgehead atoms. The minimum atomic E-state index is -0.528. The molecule has 0 amide bonds. The van der Waals surface area contributed by atoms with Gasteiger partial charge in [0.2, 0.25) is 5.95 Å². The molecule has 0 spiro atoms. The third kappa shape index (κ3) is 3.53. The summed E-state index contributed by atoms with van der Waals surface area (Å²) in [6, 6.07) is 8.13. The first-order valence-electron chi connectivity index (χ1n) is 6.33. The number of nitrogens with one attached hydrogen (secondary N) is 1. The lowest BCUT2D eigenvalue weighted by molar-refractivity contribution is 0.347.